The van der Waals surface area contributed by atoms with Crippen LogP contribution < -0.4 is 15.4 Å². The number of anilines is 1. The van der Waals surface area contributed by atoms with E-state index in [-0.39, 0.29) is 24.1 Å². The Kier molecular flexibility index (Phi) is 8.11. The van der Waals surface area contributed by atoms with Crippen LogP contribution in [0.15, 0.2) is 54.7 Å². The van der Waals surface area contributed by atoms with Crippen molar-refractivity contribution in [2.45, 2.75) is 25.1 Å². The van der Waals surface area contributed by atoms with E-state index in [2.05, 4.69) is 20.6 Å². The second-order valence-electron chi connectivity index (χ2n) is 6.99. The minimum Gasteiger partial charge on any atom is -0.497 e. The lowest BCUT2D eigenvalue weighted by Crippen LogP contribution is -2.42. The van der Waals surface area contributed by atoms with Crippen molar-refractivity contribution in [3.05, 3.63) is 82.6 Å². The number of aromatic nitrogens is 2. The summed E-state index contributed by atoms with van der Waals surface area (Å²) >= 11 is 5.91. The fourth-order valence-electron chi connectivity index (χ4n) is 3.13. The lowest BCUT2D eigenvalue weighted by Gasteiger charge is -2.25. The van der Waals surface area contributed by atoms with Gasteiger partial charge in [-0.1, -0.05) is 23.7 Å². The van der Waals surface area contributed by atoms with Crippen molar-refractivity contribution < 1.29 is 18.6 Å². The third-order valence-electron chi connectivity index (χ3n) is 4.60. The summed E-state index contributed by atoms with van der Waals surface area (Å²) < 4.78 is 32.5. The molecule has 3 rings (SSSR count). The van der Waals surface area contributed by atoms with Gasteiger partial charge < -0.3 is 20.5 Å². The molecule has 0 amide bonds. The first kappa shape index (κ1) is 22.9. The summed E-state index contributed by atoms with van der Waals surface area (Å²) in [5, 5.41) is 17.2. The Balaban J connectivity index is 1.69. The van der Waals surface area contributed by atoms with E-state index in [1.54, 1.807) is 7.11 Å². The lowest BCUT2D eigenvalue weighted by molar-refractivity contribution is 0.148. The number of benzene rings is 2. The van der Waals surface area contributed by atoms with Crippen LogP contribution in [0.2, 0.25) is 5.15 Å². The van der Waals surface area contributed by atoms with E-state index >= 15 is 0 Å². The van der Waals surface area contributed by atoms with Crippen LogP contribution in [0.25, 0.3) is 0 Å². The van der Waals surface area contributed by atoms with E-state index in [4.69, 9.17) is 16.3 Å². The van der Waals surface area contributed by atoms with Crippen molar-refractivity contribution in [1.82, 2.24) is 15.3 Å². The molecule has 3 N–H and O–H groups in total. The summed E-state index contributed by atoms with van der Waals surface area (Å²) in [5.74, 6) is -0.413. The summed E-state index contributed by atoms with van der Waals surface area (Å²) in [5.41, 5.74) is 1.38. The predicted molar refractivity (Wildman–Crippen MR) is 115 cm³/mol. The number of rotatable bonds is 10. The fraction of sp³-hybridized carbons (Fsp3) is 0.273. The van der Waals surface area contributed by atoms with Gasteiger partial charge in [-0.15, -0.1) is 0 Å². The van der Waals surface area contributed by atoms with Gasteiger partial charge in [-0.05, 0) is 47.9 Å². The molecule has 0 aliphatic heterocycles. The fourth-order valence-corrected chi connectivity index (χ4v) is 3.26. The normalized spacial score (nSPS) is 12.9. The first-order valence-electron chi connectivity index (χ1n) is 9.64. The highest BCUT2D eigenvalue weighted by Gasteiger charge is 2.21. The van der Waals surface area contributed by atoms with Crippen molar-refractivity contribution >= 4 is 17.5 Å². The second-order valence-corrected chi connectivity index (χ2v) is 7.37. The number of ether oxygens (including phenoxy) is 1. The van der Waals surface area contributed by atoms with Crippen LogP contribution >= 0.6 is 11.6 Å². The highest BCUT2D eigenvalue weighted by atomic mass is 35.5. The quantitative estimate of drug-likeness (QED) is 0.411. The van der Waals surface area contributed by atoms with Crippen LogP contribution in [0, 0.1) is 11.6 Å². The molecular formula is C22H23ClF2N4O2. The summed E-state index contributed by atoms with van der Waals surface area (Å²) in [6.07, 6.45) is 0.704. The van der Waals surface area contributed by atoms with Gasteiger partial charge in [0.25, 0.3) is 0 Å². The van der Waals surface area contributed by atoms with E-state index in [0.29, 0.717) is 12.1 Å². The minimum absolute atomic E-state index is 0.145. The van der Waals surface area contributed by atoms with Crippen LogP contribution in [0.5, 0.6) is 5.75 Å². The molecule has 3 aromatic rings. The van der Waals surface area contributed by atoms with Gasteiger partial charge in [-0.3, -0.25) is 0 Å². The number of methoxy groups -OCH3 is 1. The van der Waals surface area contributed by atoms with E-state index in [1.807, 2.05) is 24.3 Å². The van der Waals surface area contributed by atoms with Gasteiger partial charge in [0.15, 0.2) is 0 Å². The monoisotopic (exact) mass is 448 g/mol. The molecule has 2 aromatic carbocycles. The van der Waals surface area contributed by atoms with Gasteiger partial charge in [0.2, 0.25) is 5.95 Å². The van der Waals surface area contributed by atoms with E-state index in [9.17, 15) is 13.9 Å². The van der Waals surface area contributed by atoms with Crippen LogP contribution in [0.4, 0.5) is 14.7 Å². The number of nitrogens with zero attached hydrogens (tertiary/aromatic N) is 2. The molecule has 164 valence electrons. The van der Waals surface area contributed by atoms with Crippen LogP contribution in [0.1, 0.15) is 11.1 Å². The molecule has 9 heteroatoms. The van der Waals surface area contributed by atoms with E-state index in [1.165, 1.54) is 24.4 Å². The van der Waals surface area contributed by atoms with Gasteiger partial charge in [-0.2, -0.15) is 0 Å². The van der Waals surface area contributed by atoms with Crippen molar-refractivity contribution in [2.75, 3.05) is 19.0 Å². The van der Waals surface area contributed by atoms with Crippen molar-refractivity contribution in [3.63, 3.8) is 0 Å². The van der Waals surface area contributed by atoms with E-state index in [0.717, 1.165) is 17.4 Å². The average molecular weight is 449 g/mol. The number of halogens is 3. The molecule has 0 radical (unpaired) electrons. The molecule has 0 saturated heterocycles. The van der Waals surface area contributed by atoms with Crippen molar-refractivity contribution in [3.8, 4) is 5.75 Å². The number of hydrogen-bond donors (Lipinski definition) is 3. The van der Waals surface area contributed by atoms with Gasteiger partial charge in [0.05, 0.1) is 19.3 Å². The largest absolute Gasteiger partial charge is 0.497 e. The highest BCUT2D eigenvalue weighted by Crippen LogP contribution is 2.16. The third kappa shape index (κ3) is 7.13. The maximum Gasteiger partial charge on any atom is 0.224 e. The molecule has 0 fully saturated rings. The molecule has 0 spiro atoms. The molecule has 6 nitrogen and oxygen atoms in total. The van der Waals surface area contributed by atoms with Crippen LogP contribution in [-0.2, 0) is 13.0 Å². The standard InChI is InChI=1S/C22H23ClF2N4O2/c1-31-18-4-2-3-14(9-18)12-26-13-20(30)19(28-22-27-6-5-21(23)29-22)10-15-7-16(24)11-17(25)8-15/h2-9,11,19-20,26,30H,10,12-13H2,1H3,(H,27,28,29)/t19-,20+/m0/s1. The summed E-state index contributed by atoms with van der Waals surface area (Å²) in [6, 6.07) is 11.7. The molecule has 2 atom stereocenters. The Hall–Kier alpha value is -2.81. The van der Waals surface area contributed by atoms with Crippen molar-refractivity contribution in [1.29, 1.82) is 0 Å². The maximum absolute atomic E-state index is 13.6. The highest BCUT2D eigenvalue weighted by molar-refractivity contribution is 6.29. The Labute approximate surface area is 184 Å². The number of aliphatic hydroxyl groups is 1. The van der Waals surface area contributed by atoms with E-state index < -0.39 is 23.8 Å². The smallest absolute Gasteiger partial charge is 0.224 e. The zero-order valence-corrected chi connectivity index (χ0v) is 17.6. The van der Waals surface area contributed by atoms with Crippen LogP contribution in [-0.4, -0.2) is 40.9 Å². The predicted octanol–water partition coefficient (Wildman–Crippen LogP) is 3.59. The summed E-state index contributed by atoms with van der Waals surface area (Å²) in [4.78, 5) is 8.15. The molecule has 1 aromatic heterocycles. The first-order valence-corrected chi connectivity index (χ1v) is 10.0. The maximum atomic E-state index is 13.6. The molecule has 0 aliphatic rings. The van der Waals surface area contributed by atoms with Crippen molar-refractivity contribution in [2.24, 2.45) is 0 Å². The Morgan fingerprint density at radius 3 is 2.58 bits per heavy atom. The molecular weight excluding hydrogens is 426 g/mol. The van der Waals surface area contributed by atoms with Gasteiger partial charge >= 0.3 is 0 Å². The second kappa shape index (κ2) is 11.0. The van der Waals surface area contributed by atoms with Crippen LogP contribution in [0.3, 0.4) is 0 Å². The molecule has 0 aliphatic carbocycles. The molecule has 31 heavy (non-hydrogen) atoms. The molecule has 0 unspecified atom stereocenters. The molecule has 0 saturated carbocycles. The Morgan fingerprint density at radius 1 is 1.10 bits per heavy atom. The average Bonchev–Trinajstić information content (AvgIpc) is 2.72. The summed E-state index contributed by atoms with van der Waals surface area (Å²) in [7, 11) is 1.60. The number of aliphatic hydroxyl groups excluding tert-OH is 1. The molecule has 0 bridgehead atoms. The summed E-state index contributed by atoms with van der Waals surface area (Å²) in [6.45, 7) is 0.719. The lowest BCUT2D eigenvalue weighted by atomic mass is 10.0. The van der Waals surface area contributed by atoms with Gasteiger partial charge in [0.1, 0.15) is 22.5 Å². The molecule has 1 heterocycles. The third-order valence-corrected chi connectivity index (χ3v) is 4.81. The topological polar surface area (TPSA) is 79.3 Å². The SMILES string of the molecule is COc1cccc(CNC[C@@H](O)[C@H](Cc2cc(F)cc(F)c2)Nc2nccc(Cl)n2)c1. The number of nitrogens with one attached hydrogen (secondary N) is 2. The Bertz CT molecular complexity index is 988. The zero-order chi connectivity index (χ0) is 22.2. The van der Waals surface area contributed by atoms with Gasteiger partial charge in [0, 0.05) is 25.4 Å². The zero-order valence-electron chi connectivity index (χ0n) is 16.9. The Morgan fingerprint density at radius 2 is 1.87 bits per heavy atom. The minimum atomic E-state index is -0.917. The number of hydrogen-bond acceptors (Lipinski definition) is 6. The van der Waals surface area contributed by atoms with Gasteiger partial charge in [-0.25, -0.2) is 18.7 Å². The first-order chi connectivity index (χ1) is 14.9.